The van der Waals surface area contributed by atoms with Crippen molar-refractivity contribution < 1.29 is 18.7 Å². The predicted molar refractivity (Wildman–Crippen MR) is 42.8 cm³/mol. The molecule has 4 nitrogen and oxygen atoms in total. The third kappa shape index (κ3) is 3.87. The molecule has 0 bridgehead atoms. The second-order valence-corrected chi connectivity index (χ2v) is 4.54. The molecule has 0 aromatic heterocycles. The molecule has 0 aliphatic heterocycles. The zero-order chi connectivity index (χ0) is 8.91. The molecule has 0 spiro atoms. The maximum absolute atomic E-state index is 11.3. The molecule has 0 unspecified atom stereocenters. The molecule has 5 heteroatoms. The molecule has 0 rings (SSSR count). The third-order valence-electron chi connectivity index (χ3n) is 1.46. The van der Waals surface area contributed by atoms with Gasteiger partial charge in [0.25, 0.3) is 0 Å². The number of aliphatic hydroxyl groups is 1. The number of hydrogen-bond acceptors (Lipinski definition) is 4. The van der Waals surface area contributed by atoms with Crippen LogP contribution in [-0.2, 0) is 13.6 Å². The topological polar surface area (TPSA) is 55.8 Å². The van der Waals surface area contributed by atoms with E-state index in [4.69, 9.17) is 5.11 Å². The van der Waals surface area contributed by atoms with E-state index in [9.17, 15) is 4.57 Å². The summed E-state index contributed by atoms with van der Waals surface area (Å²) in [5, 5.41) is 9.12. The van der Waals surface area contributed by atoms with Crippen LogP contribution in [0.15, 0.2) is 0 Å². The molecule has 0 amide bonds. The van der Waals surface area contributed by atoms with E-state index >= 15 is 0 Å². The molecule has 1 atom stereocenters. The highest BCUT2D eigenvalue weighted by Crippen LogP contribution is 2.46. The molecule has 0 saturated carbocycles. The standard InChI is InChI=1S/C6H15O4P/c1-4-6(7)5-11(8,9-2)10-3/h6-7H,4-5H2,1-3H3/t6-/m1/s1. The maximum atomic E-state index is 11.3. The first-order valence-electron chi connectivity index (χ1n) is 3.46. The number of hydrogen-bond donors (Lipinski definition) is 1. The lowest BCUT2D eigenvalue weighted by molar-refractivity contribution is 0.177. The fourth-order valence-electron chi connectivity index (χ4n) is 0.611. The van der Waals surface area contributed by atoms with Gasteiger partial charge in [-0.2, -0.15) is 0 Å². The van der Waals surface area contributed by atoms with E-state index in [1.165, 1.54) is 14.2 Å². The van der Waals surface area contributed by atoms with E-state index in [-0.39, 0.29) is 6.16 Å². The Hall–Kier alpha value is 0.110. The average molecular weight is 182 g/mol. The van der Waals surface area contributed by atoms with Crippen molar-refractivity contribution in [1.29, 1.82) is 0 Å². The Morgan fingerprint density at radius 2 is 1.91 bits per heavy atom. The Kier molecular flexibility index (Phi) is 4.93. The van der Waals surface area contributed by atoms with Crippen LogP contribution in [0, 0.1) is 0 Å². The van der Waals surface area contributed by atoms with Gasteiger partial charge in [0.2, 0.25) is 0 Å². The Bertz CT molecular complexity index is 140. The average Bonchev–Trinajstić information content (AvgIpc) is 2.04. The third-order valence-corrected chi connectivity index (χ3v) is 3.44. The fourth-order valence-corrected chi connectivity index (χ4v) is 1.83. The van der Waals surface area contributed by atoms with Gasteiger partial charge in [-0.25, -0.2) is 0 Å². The molecular formula is C6H15O4P. The summed E-state index contributed by atoms with van der Waals surface area (Å²) in [5.41, 5.74) is 0. The zero-order valence-electron chi connectivity index (χ0n) is 7.11. The van der Waals surface area contributed by atoms with Gasteiger partial charge in [0, 0.05) is 14.2 Å². The van der Waals surface area contributed by atoms with E-state index < -0.39 is 13.7 Å². The van der Waals surface area contributed by atoms with Gasteiger partial charge in [0.15, 0.2) is 0 Å². The highest BCUT2D eigenvalue weighted by Gasteiger charge is 2.24. The summed E-state index contributed by atoms with van der Waals surface area (Å²) in [6, 6.07) is 0. The lowest BCUT2D eigenvalue weighted by Gasteiger charge is -2.15. The summed E-state index contributed by atoms with van der Waals surface area (Å²) in [4.78, 5) is 0. The van der Waals surface area contributed by atoms with Crippen molar-refractivity contribution in [3.8, 4) is 0 Å². The highest BCUT2D eigenvalue weighted by atomic mass is 31.2. The minimum Gasteiger partial charge on any atom is -0.392 e. The number of rotatable bonds is 5. The van der Waals surface area contributed by atoms with Gasteiger partial charge in [0.1, 0.15) is 0 Å². The van der Waals surface area contributed by atoms with E-state index in [1.54, 1.807) is 6.92 Å². The van der Waals surface area contributed by atoms with E-state index in [1.807, 2.05) is 0 Å². The summed E-state index contributed by atoms with van der Waals surface area (Å²) < 4.78 is 20.6. The van der Waals surface area contributed by atoms with Crippen molar-refractivity contribution in [2.24, 2.45) is 0 Å². The van der Waals surface area contributed by atoms with Crippen LogP contribution in [-0.4, -0.2) is 31.6 Å². The first-order chi connectivity index (χ1) is 5.08. The van der Waals surface area contributed by atoms with Crippen LogP contribution in [0.1, 0.15) is 13.3 Å². The first kappa shape index (κ1) is 11.1. The summed E-state index contributed by atoms with van der Waals surface area (Å²) in [6.07, 6.45) is 0.00783. The van der Waals surface area contributed by atoms with Crippen LogP contribution < -0.4 is 0 Å². The Labute approximate surface area is 67.0 Å². The van der Waals surface area contributed by atoms with E-state index in [2.05, 4.69) is 9.05 Å². The Balaban J connectivity index is 3.97. The Morgan fingerprint density at radius 1 is 1.45 bits per heavy atom. The van der Waals surface area contributed by atoms with E-state index in [0.717, 1.165) is 0 Å². The lowest BCUT2D eigenvalue weighted by atomic mass is 10.3. The molecule has 11 heavy (non-hydrogen) atoms. The normalized spacial score (nSPS) is 14.9. The summed E-state index contributed by atoms with van der Waals surface area (Å²) >= 11 is 0. The summed E-state index contributed by atoms with van der Waals surface area (Å²) in [6.45, 7) is 1.81. The van der Waals surface area contributed by atoms with Crippen LogP contribution in [0.2, 0.25) is 0 Å². The Morgan fingerprint density at radius 3 is 2.18 bits per heavy atom. The minimum absolute atomic E-state index is 0.0660. The van der Waals surface area contributed by atoms with Crippen molar-refractivity contribution in [2.75, 3.05) is 20.4 Å². The lowest BCUT2D eigenvalue weighted by Crippen LogP contribution is -2.12. The molecule has 1 N–H and O–H groups in total. The van der Waals surface area contributed by atoms with Gasteiger partial charge in [0.05, 0.1) is 12.3 Å². The molecule has 0 aliphatic rings. The second kappa shape index (κ2) is 4.88. The van der Waals surface area contributed by atoms with E-state index in [0.29, 0.717) is 6.42 Å². The van der Waals surface area contributed by atoms with Crippen LogP contribution in [0.5, 0.6) is 0 Å². The SMILES string of the molecule is CC[C@@H](O)CP(=O)(OC)OC. The minimum atomic E-state index is -3.00. The monoisotopic (exact) mass is 182 g/mol. The van der Waals surface area contributed by atoms with Crippen LogP contribution in [0.25, 0.3) is 0 Å². The second-order valence-electron chi connectivity index (χ2n) is 2.22. The molecule has 0 fully saturated rings. The van der Waals surface area contributed by atoms with Gasteiger partial charge in [-0.3, -0.25) is 4.57 Å². The molecule has 0 heterocycles. The van der Waals surface area contributed by atoms with Crippen molar-refractivity contribution in [2.45, 2.75) is 19.4 Å². The summed E-state index contributed by atoms with van der Waals surface area (Å²) in [7, 11) is -0.379. The van der Waals surface area contributed by atoms with Gasteiger partial charge in [-0.05, 0) is 6.42 Å². The quantitative estimate of drug-likeness (QED) is 0.650. The van der Waals surface area contributed by atoms with Crippen molar-refractivity contribution in [3.05, 3.63) is 0 Å². The van der Waals surface area contributed by atoms with Gasteiger partial charge >= 0.3 is 7.60 Å². The molecular weight excluding hydrogens is 167 g/mol. The number of aliphatic hydroxyl groups excluding tert-OH is 1. The van der Waals surface area contributed by atoms with Crippen LogP contribution >= 0.6 is 7.60 Å². The van der Waals surface area contributed by atoms with Crippen LogP contribution in [0.4, 0.5) is 0 Å². The molecule has 68 valence electrons. The molecule has 0 radical (unpaired) electrons. The zero-order valence-corrected chi connectivity index (χ0v) is 8.01. The van der Waals surface area contributed by atoms with Gasteiger partial charge in [-0.15, -0.1) is 0 Å². The maximum Gasteiger partial charge on any atom is 0.332 e. The van der Waals surface area contributed by atoms with Crippen molar-refractivity contribution in [3.63, 3.8) is 0 Å². The first-order valence-corrected chi connectivity index (χ1v) is 5.19. The smallest absolute Gasteiger partial charge is 0.332 e. The molecule has 0 aromatic rings. The highest BCUT2D eigenvalue weighted by molar-refractivity contribution is 7.53. The van der Waals surface area contributed by atoms with Gasteiger partial charge < -0.3 is 14.2 Å². The fraction of sp³-hybridized carbons (Fsp3) is 1.00. The molecule has 0 aromatic carbocycles. The largest absolute Gasteiger partial charge is 0.392 e. The summed E-state index contributed by atoms with van der Waals surface area (Å²) in [5.74, 6) is 0. The van der Waals surface area contributed by atoms with Gasteiger partial charge in [-0.1, -0.05) is 6.92 Å². The van der Waals surface area contributed by atoms with Crippen molar-refractivity contribution in [1.82, 2.24) is 0 Å². The molecule has 0 saturated heterocycles. The predicted octanol–water partition coefficient (Wildman–Crippen LogP) is 1.24. The van der Waals surface area contributed by atoms with Crippen LogP contribution in [0.3, 0.4) is 0 Å². The molecule has 0 aliphatic carbocycles. The van der Waals surface area contributed by atoms with Crippen molar-refractivity contribution >= 4 is 7.60 Å².